The molecule has 4 aromatic heterocycles. The SMILES string of the molecule is COC(=O)c1ccc(-c2cnn3c(N)c(C(C)=O)c([C@@H]4C[C@H]5CC[C@@H](C4)N5C(=O)c4nnc[nH]4)nc23)cn1. The molecule has 2 aliphatic heterocycles. The first-order valence-corrected chi connectivity index (χ1v) is 12.3. The predicted molar refractivity (Wildman–Crippen MR) is 133 cm³/mol. The number of anilines is 1. The van der Waals surface area contributed by atoms with Crippen molar-refractivity contribution in [3.63, 3.8) is 0 Å². The number of fused-ring (bicyclic) bond motifs is 3. The smallest absolute Gasteiger partial charge is 0.356 e. The minimum Gasteiger partial charge on any atom is -0.464 e. The Hall–Kier alpha value is -4.68. The Labute approximate surface area is 216 Å². The minimum atomic E-state index is -0.532. The van der Waals surface area contributed by atoms with Crippen molar-refractivity contribution in [1.82, 2.24) is 39.7 Å². The molecule has 6 heterocycles. The Morgan fingerprint density at radius 2 is 1.89 bits per heavy atom. The largest absolute Gasteiger partial charge is 0.464 e. The number of carbonyl (C=O) groups is 3. The molecule has 0 saturated carbocycles. The van der Waals surface area contributed by atoms with Gasteiger partial charge in [0.25, 0.3) is 5.91 Å². The summed E-state index contributed by atoms with van der Waals surface area (Å²) in [5.41, 5.74) is 9.50. The first kappa shape index (κ1) is 23.7. The Kier molecular flexibility index (Phi) is 5.62. The summed E-state index contributed by atoms with van der Waals surface area (Å²) < 4.78 is 6.18. The number of ether oxygens (including phenoxy) is 1. The highest BCUT2D eigenvalue weighted by molar-refractivity contribution is 6.00. The summed E-state index contributed by atoms with van der Waals surface area (Å²) >= 11 is 0. The number of pyridine rings is 1. The van der Waals surface area contributed by atoms with Gasteiger partial charge in [0.2, 0.25) is 5.82 Å². The Morgan fingerprint density at radius 1 is 1.13 bits per heavy atom. The predicted octanol–water partition coefficient (Wildman–Crippen LogP) is 2.03. The summed E-state index contributed by atoms with van der Waals surface area (Å²) in [5, 5.41) is 12.0. The summed E-state index contributed by atoms with van der Waals surface area (Å²) in [5.74, 6) is -0.514. The van der Waals surface area contributed by atoms with Gasteiger partial charge in [0.05, 0.1) is 24.6 Å². The molecule has 4 aromatic rings. The van der Waals surface area contributed by atoms with E-state index in [1.807, 2.05) is 4.90 Å². The quantitative estimate of drug-likeness (QED) is 0.295. The van der Waals surface area contributed by atoms with Gasteiger partial charge in [-0.1, -0.05) is 6.07 Å². The molecule has 194 valence electrons. The number of nitrogens with one attached hydrogen (secondary N) is 1. The topological polar surface area (TPSA) is 174 Å². The van der Waals surface area contributed by atoms with Gasteiger partial charge in [0, 0.05) is 35.3 Å². The van der Waals surface area contributed by atoms with Crippen molar-refractivity contribution in [3.05, 3.63) is 53.6 Å². The third-order valence-electron chi connectivity index (χ3n) is 7.51. The average molecular weight is 516 g/mol. The molecule has 0 radical (unpaired) electrons. The first-order chi connectivity index (χ1) is 18.4. The van der Waals surface area contributed by atoms with Gasteiger partial charge in [0.1, 0.15) is 17.8 Å². The van der Waals surface area contributed by atoms with Crippen LogP contribution in [-0.4, -0.2) is 76.5 Å². The van der Waals surface area contributed by atoms with Gasteiger partial charge in [-0.3, -0.25) is 9.59 Å². The summed E-state index contributed by atoms with van der Waals surface area (Å²) in [4.78, 5) is 51.5. The fraction of sp³-hybridized carbons (Fsp3) is 0.360. The lowest BCUT2D eigenvalue weighted by Gasteiger charge is -2.38. The first-order valence-electron chi connectivity index (χ1n) is 12.3. The summed E-state index contributed by atoms with van der Waals surface area (Å²) in [6.45, 7) is 1.47. The van der Waals surface area contributed by atoms with Gasteiger partial charge in [-0.05, 0) is 38.7 Å². The van der Waals surface area contributed by atoms with E-state index < -0.39 is 5.97 Å². The molecule has 38 heavy (non-hydrogen) atoms. The van der Waals surface area contributed by atoms with Crippen LogP contribution in [0.25, 0.3) is 16.8 Å². The number of ketones is 1. The second-order valence-electron chi connectivity index (χ2n) is 9.63. The van der Waals surface area contributed by atoms with Crippen LogP contribution in [0, 0.1) is 0 Å². The summed E-state index contributed by atoms with van der Waals surface area (Å²) in [6, 6.07) is 3.29. The van der Waals surface area contributed by atoms with E-state index in [0.717, 1.165) is 12.8 Å². The van der Waals surface area contributed by atoms with Crippen LogP contribution in [0.15, 0.2) is 30.9 Å². The molecule has 13 nitrogen and oxygen atoms in total. The molecule has 0 spiro atoms. The van der Waals surface area contributed by atoms with Crippen LogP contribution in [0.3, 0.4) is 0 Å². The molecule has 2 fully saturated rings. The average Bonchev–Trinajstić information content (AvgIpc) is 3.66. The van der Waals surface area contributed by atoms with Crippen LogP contribution < -0.4 is 5.73 Å². The number of nitrogens with zero attached hydrogens (tertiary/aromatic N) is 7. The third kappa shape index (κ3) is 3.69. The van der Waals surface area contributed by atoms with Crippen LogP contribution in [-0.2, 0) is 4.74 Å². The van der Waals surface area contributed by atoms with E-state index in [9.17, 15) is 14.4 Å². The van der Waals surface area contributed by atoms with Crippen molar-refractivity contribution in [2.75, 3.05) is 12.8 Å². The maximum absolute atomic E-state index is 13.1. The zero-order chi connectivity index (χ0) is 26.6. The number of nitrogens with two attached hydrogens (primary N) is 1. The number of hydrogen-bond donors (Lipinski definition) is 2. The zero-order valence-corrected chi connectivity index (χ0v) is 20.8. The molecule has 0 aliphatic carbocycles. The fourth-order valence-corrected chi connectivity index (χ4v) is 5.84. The summed E-state index contributed by atoms with van der Waals surface area (Å²) in [7, 11) is 1.30. The van der Waals surface area contributed by atoms with Crippen molar-refractivity contribution in [3.8, 4) is 11.1 Å². The molecule has 2 aliphatic rings. The minimum absolute atomic E-state index is 0.00476. The lowest BCUT2D eigenvalue weighted by molar-refractivity contribution is 0.0554. The molecule has 3 atom stereocenters. The number of nitrogen functional groups attached to an aromatic ring is 1. The maximum Gasteiger partial charge on any atom is 0.356 e. The monoisotopic (exact) mass is 515 g/mol. The second kappa shape index (κ2) is 9.01. The van der Waals surface area contributed by atoms with E-state index in [1.165, 1.54) is 24.9 Å². The van der Waals surface area contributed by atoms with E-state index in [4.69, 9.17) is 15.5 Å². The van der Waals surface area contributed by atoms with Crippen molar-refractivity contribution in [1.29, 1.82) is 0 Å². The van der Waals surface area contributed by atoms with Crippen molar-refractivity contribution < 1.29 is 19.1 Å². The highest BCUT2D eigenvalue weighted by atomic mass is 16.5. The summed E-state index contributed by atoms with van der Waals surface area (Å²) in [6.07, 6.45) is 7.59. The number of esters is 1. The molecule has 13 heteroatoms. The van der Waals surface area contributed by atoms with E-state index in [1.54, 1.807) is 24.5 Å². The molecule has 1 amide bonds. The van der Waals surface area contributed by atoms with Gasteiger partial charge in [-0.15, -0.1) is 10.2 Å². The molecule has 0 unspecified atom stereocenters. The van der Waals surface area contributed by atoms with Gasteiger partial charge in [-0.25, -0.2) is 14.8 Å². The Balaban J connectivity index is 1.39. The zero-order valence-electron chi connectivity index (χ0n) is 20.8. The molecule has 2 saturated heterocycles. The molecular weight excluding hydrogens is 490 g/mol. The van der Waals surface area contributed by atoms with Crippen molar-refractivity contribution in [2.45, 2.75) is 50.6 Å². The number of aromatic amines is 1. The van der Waals surface area contributed by atoms with Gasteiger partial charge >= 0.3 is 5.97 Å². The number of amides is 1. The molecule has 2 bridgehead atoms. The van der Waals surface area contributed by atoms with Crippen LogP contribution in [0.2, 0.25) is 0 Å². The molecule has 3 N–H and O–H groups in total. The lowest BCUT2D eigenvalue weighted by atomic mass is 9.85. The standard InChI is InChI=1S/C25H25N9O4/c1-12(35)19-20(14-7-15-4-5-16(8-14)33(15)24(36)22-28-11-29-32-22)31-23-17(10-30-34(23)21(19)26)13-3-6-18(27-9-13)25(37)38-2/h3,6,9-11,14-16H,4-5,7-8,26H2,1-2H3,(H,28,29,32)/t14-,15-,16+. The van der Waals surface area contributed by atoms with Crippen LogP contribution in [0.5, 0.6) is 0 Å². The number of methoxy groups -OCH3 is 1. The fourth-order valence-electron chi connectivity index (χ4n) is 5.84. The number of piperidine rings is 1. The maximum atomic E-state index is 13.1. The number of hydrogen-bond acceptors (Lipinski definition) is 10. The number of aromatic nitrogens is 7. The van der Waals surface area contributed by atoms with Crippen molar-refractivity contribution >= 4 is 29.1 Å². The third-order valence-corrected chi connectivity index (χ3v) is 7.51. The van der Waals surface area contributed by atoms with Crippen LogP contribution in [0.4, 0.5) is 5.82 Å². The van der Waals surface area contributed by atoms with E-state index >= 15 is 0 Å². The van der Waals surface area contributed by atoms with E-state index in [0.29, 0.717) is 40.9 Å². The number of carbonyl (C=O) groups excluding carboxylic acids is 3. The lowest BCUT2D eigenvalue weighted by Crippen LogP contribution is -2.46. The molecule has 0 aromatic carbocycles. The van der Waals surface area contributed by atoms with E-state index in [-0.39, 0.29) is 47.0 Å². The molecular formula is C25H25N9O4. The van der Waals surface area contributed by atoms with Crippen LogP contribution in [0.1, 0.15) is 75.7 Å². The van der Waals surface area contributed by atoms with Crippen molar-refractivity contribution in [2.24, 2.45) is 0 Å². The number of rotatable bonds is 5. The normalized spacial score (nSPS) is 20.6. The second-order valence-corrected chi connectivity index (χ2v) is 9.63. The Morgan fingerprint density at radius 3 is 2.50 bits per heavy atom. The highest BCUT2D eigenvalue weighted by Gasteiger charge is 2.45. The van der Waals surface area contributed by atoms with Crippen LogP contribution >= 0.6 is 0 Å². The number of H-pyrrole nitrogens is 1. The van der Waals surface area contributed by atoms with Gasteiger partial charge < -0.3 is 20.4 Å². The molecule has 6 rings (SSSR count). The van der Waals surface area contributed by atoms with E-state index in [2.05, 4.69) is 25.3 Å². The number of Topliss-reactive ketones (excluding diaryl/α,β-unsaturated/α-hetero) is 1. The highest BCUT2D eigenvalue weighted by Crippen LogP contribution is 2.45. The Bertz CT molecular complexity index is 1550. The van der Waals surface area contributed by atoms with Gasteiger partial charge in [0.15, 0.2) is 11.4 Å². The van der Waals surface area contributed by atoms with Gasteiger partial charge in [-0.2, -0.15) is 9.61 Å².